The minimum atomic E-state index is 0.834. The number of nitrogens with zero attached hydrogens (tertiary/aromatic N) is 2. The molecular weight excluding hydrogens is 258 g/mol. The predicted molar refractivity (Wildman–Crippen MR) is 81.0 cm³/mol. The van der Waals surface area contributed by atoms with Crippen molar-refractivity contribution >= 4 is 32.6 Å². The number of guanidine groups is 1. The van der Waals surface area contributed by atoms with Gasteiger partial charge in [0.25, 0.3) is 0 Å². The van der Waals surface area contributed by atoms with E-state index in [0.717, 1.165) is 49.2 Å². The Kier molecular flexibility index (Phi) is 3.78. The lowest BCUT2D eigenvalue weighted by molar-refractivity contribution is 0.705. The zero-order chi connectivity index (χ0) is 12.9. The molecule has 0 radical (unpaired) electrons. The van der Waals surface area contributed by atoms with Gasteiger partial charge in [-0.2, -0.15) is 0 Å². The third kappa shape index (κ3) is 3.14. The predicted octanol–water partition coefficient (Wildman–Crippen LogP) is 1.65. The van der Waals surface area contributed by atoms with Gasteiger partial charge < -0.3 is 16.0 Å². The molecule has 19 heavy (non-hydrogen) atoms. The van der Waals surface area contributed by atoms with E-state index in [2.05, 4.69) is 32.0 Å². The van der Waals surface area contributed by atoms with Crippen LogP contribution in [0.3, 0.4) is 0 Å². The van der Waals surface area contributed by atoms with E-state index in [1.54, 1.807) is 11.3 Å². The number of thiazole rings is 1. The van der Waals surface area contributed by atoms with E-state index in [4.69, 9.17) is 0 Å². The molecule has 3 rings (SSSR count). The maximum absolute atomic E-state index is 4.53. The molecule has 2 heterocycles. The topological polar surface area (TPSA) is 61.3 Å². The van der Waals surface area contributed by atoms with Gasteiger partial charge in [0, 0.05) is 26.2 Å². The molecule has 0 amide bonds. The summed E-state index contributed by atoms with van der Waals surface area (Å²) < 4.78 is 1.22. The van der Waals surface area contributed by atoms with Crippen molar-refractivity contribution < 1.29 is 0 Å². The van der Waals surface area contributed by atoms with Crippen LogP contribution in [0, 0.1) is 0 Å². The minimum absolute atomic E-state index is 0.834. The van der Waals surface area contributed by atoms with E-state index in [9.17, 15) is 0 Å². The molecule has 0 saturated heterocycles. The lowest BCUT2D eigenvalue weighted by atomic mass is 10.3. The van der Waals surface area contributed by atoms with Crippen molar-refractivity contribution in [3.63, 3.8) is 0 Å². The number of aliphatic imine (C=N–C) groups is 1. The van der Waals surface area contributed by atoms with Gasteiger partial charge in [0.1, 0.15) is 0 Å². The molecule has 1 aliphatic rings. The van der Waals surface area contributed by atoms with Crippen molar-refractivity contribution in [3.8, 4) is 0 Å². The maximum atomic E-state index is 4.53. The molecule has 0 aliphatic carbocycles. The van der Waals surface area contributed by atoms with Crippen molar-refractivity contribution in [1.82, 2.24) is 15.6 Å². The number of aromatic nitrogens is 1. The second kappa shape index (κ2) is 5.88. The van der Waals surface area contributed by atoms with Crippen LogP contribution in [-0.2, 0) is 0 Å². The molecular formula is C13H17N5S. The number of hydrogen-bond acceptors (Lipinski definition) is 6. The number of para-hydroxylation sites is 1. The number of anilines is 1. The van der Waals surface area contributed by atoms with Gasteiger partial charge in [-0.1, -0.05) is 23.5 Å². The lowest BCUT2D eigenvalue weighted by Crippen LogP contribution is -2.42. The van der Waals surface area contributed by atoms with E-state index < -0.39 is 0 Å². The van der Waals surface area contributed by atoms with E-state index in [0.29, 0.717) is 0 Å². The molecule has 1 aromatic carbocycles. The van der Waals surface area contributed by atoms with E-state index in [1.165, 1.54) is 4.70 Å². The molecule has 0 unspecified atom stereocenters. The normalized spacial score (nSPS) is 14.8. The average molecular weight is 275 g/mol. The number of hydrogen-bond donors (Lipinski definition) is 3. The van der Waals surface area contributed by atoms with Crippen LogP contribution in [0.15, 0.2) is 29.3 Å². The highest BCUT2D eigenvalue weighted by Gasteiger charge is 2.03. The Morgan fingerprint density at radius 3 is 2.95 bits per heavy atom. The molecule has 0 spiro atoms. The molecule has 0 fully saturated rings. The Morgan fingerprint density at radius 2 is 2.11 bits per heavy atom. The SMILES string of the molecule is c1ccc2sc(NCCNC3=NCCCN3)nc2c1. The fourth-order valence-electron chi connectivity index (χ4n) is 1.95. The summed E-state index contributed by atoms with van der Waals surface area (Å²) in [4.78, 5) is 8.89. The van der Waals surface area contributed by atoms with Crippen molar-refractivity contribution in [1.29, 1.82) is 0 Å². The van der Waals surface area contributed by atoms with Gasteiger partial charge in [0.2, 0.25) is 0 Å². The van der Waals surface area contributed by atoms with Crippen LogP contribution in [0.4, 0.5) is 5.13 Å². The monoisotopic (exact) mass is 275 g/mol. The quantitative estimate of drug-likeness (QED) is 0.743. The third-order valence-corrected chi connectivity index (χ3v) is 3.88. The van der Waals surface area contributed by atoms with Gasteiger partial charge in [-0.15, -0.1) is 0 Å². The zero-order valence-electron chi connectivity index (χ0n) is 10.6. The van der Waals surface area contributed by atoms with Gasteiger partial charge in [-0.05, 0) is 18.6 Å². The van der Waals surface area contributed by atoms with E-state index in [-0.39, 0.29) is 0 Å². The number of benzene rings is 1. The third-order valence-electron chi connectivity index (χ3n) is 2.88. The molecule has 1 aromatic heterocycles. The summed E-state index contributed by atoms with van der Waals surface area (Å²) in [6.45, 7) is 3.60. The molecule has 2 aromatic rings. The highest BCUT2D eigenvalue weighted by Crippen LogP contribution is 2.24. The molecule has 0 saturated carbocycles. The summed E-state index contributed by atoms with van der Waals surface area (Å²) in [5.41, 5.74) is 1.06. The van der Waals surface area contributed by atoms with Crippen molar-refractivity contribution in [2.45, 2.75) is 6.42 Å². The van der Waals surface area contributed by atoms with Crippen molar-refractivity contribution in [3.05, 3.63) is 24.3 Å². The second-order valence-corrected chi connectivity index (χ2v) is 5.38. The van der Waals surface area contributed by atoms with E-state index in [1.807, 2.05) is 18.2 Å². The van der Waals surface area contributed by atoms with E-state index >= 15 is 0 Å². The molecule has 1 aliphatic heterocycles. The Labute approximate surface area is 116 Å². The van der Waals surface area contributed by atoms with Crippen LogP contribution in [0.25, 0.3) is 10.2 Å². The summed E-state index contributed by atoms with van der Waals surface area (Å²) in [7, 11) is 0. The zero-order valence-corrected chi connectivity index (χ0v) is 11.5. The first kappa shape index (κ1) is 12.2. The Balaban J connectivity index is 1.48. The van der Waals surface area contributed by atoms with Crippen LogP contribution >= 0.6 is 11.3 Å². The first-order valence-corrected chi connectivity index (χ1v) is 7.35. The van der Waals surface area contributed by atoms with Crippen LogP contribution in [0.5, 0.6) is 0 Å². The Morgan fingerprint density at radius 1 is 1.21 bits per heavy atom. The van der Waals surface area contributed by atoms with Gasteiger partial charge >= 0.3 is 0 Å². The number of fused-ring (bicyclic) bond motifs is 1. The molecule has 5 nitrogen and oxygen atoms in total. The summed E-state index contributed by atoms with van der Waals surface area (Å²) >= 11 is 1.69. The fraction of sp³-hybridized carbons (Fsp3) is 0.385. The lowest BCUT2D eigenvalue weighted by Gasteiger charge is -2.15. The molecule has 100 valence electrons. The van der Waals surface area contributed by atoms with Gasteiger partial charge in [-0.3, -0.25) is 4.99 Å². The Bertz CT molecular complexity index is 544. The first-order chi connectivity index (χ1) is 9.42. The van der Waals surface area contributed by atoms with Crippen LogP contribution in [0.2, 0.25) is 0 Å². The fourth-order valence-corrected chi connectivity index (χ4v) is 2.84. The summed E-state index contributed by atoms with van der Waals surface area (Å²) in [5.74, 6) is 0.914. The van der Waals surface area contributed by atoms with Crippen LogP contribution in [0.1, 0.15) is 6.42 Å². The second-order valence-electron chi connectivity index (χ2n) is 4.35. The van der Waals surface area contributed by atoms with Crippen LogP contribution in [-0.4, -0.2) is 37.1 Å². The van der Waals surface area contributed by atoms with Crippen molar-refractivity contribution in [2.75, 3.05) is 31.5 Å². The standard InChI is InChI=1S/C13H17N5S/c1-2-5-11-10(4-1)18-13(19-11)17-9-8-16-12-14-6-3-7-15-12/h1-2,4-5H,3,6-9H2,(H,17,18)(H2,14,15,16). The molecule has 0 bridgehead atoms. The summed E-state index contributed by atoms with van der Waals surface area (Å²) in [6, 6.07) is 8.19. The highest BCUT2D eigenvalue weighted by atomic mass is 32.1. The highest BCUT2D eigenvalue weighted by molar-refractivity contribution is 7.22. The maximum Gasteiger partial charge on any atom is 0.191 e. The average Bonchev–Trinajstić information content (AvgIpc) is 2.87. The summed E-state index contributed by atoms with van der Waals surface area (Å²) in [6.07, 6.45) is 1.12. The van der Waals surface area contributed by atoms with Gasteiger partial charge in [0.05, 0.1) is 10.2 Å². The smallest absolute Gasteiger partial charge is 0.191 e. The van der Waals surface area contributed by atoms with Gasteiger partial charge in [-0.25, -0.2) is 4.98 Å². The number of rotatable bonds is 4. The molecule has 3 N–H and O–H groups in total. The largest absolute Gasteiger partial charge is 0.360 e. The molecule has 6 heteroatoms. The Hall–Kier alpha value is -1.82. The summed E-state index contributed by atoms with van der Waals surface area (Å²) in [5, 5.41) is 10.8. The molecule has 0 atom stereocenters. The van der Waals surface area contributed by atoms with Crippen LogP contribution < -0.4 is 16.0 Å². The first-order valence-electron chi connectivity index (χ1n) is 6.53. The van der Waals surface area contributed by atoms with Gasteiger partial charge in [0.15, 0.2) is 11.1 Å². The van der Waals surface area contributed by atoms with Crippen molar-refractivity contribution in [2.24, 2.45) is 4.99 Å². The number of nitrogens with one attached hydrogen (secondary N) is 3. The minimum Gasteiger partial charge on any atom is -0.360 e.